The molecule has 70 valence electrons. The maximum absolute atomic E-state index is 5.55. The summed E-state index contributed by atoms with van der Waals surface area (Å²) >= 11 is 0. The summed E-state index contributed by atoms with van der Waals surface area (Å²) in [6, 6.07) is 6.17. The van der Waals surface area contributed by atoms with Gasteiger partial charge in [0.25, 0.3) is 0 Å². The van der Waals surface area contributed by atoms with Gasteiger partial charge in [0.1, 0.15) is 5.75 Å². The van der Waals surface area contributed by atoms with Gasteiger partial charge < -0.3 is 9.47 Å². The Bertz CT molecular complexity index is 294. The number of benzene rings is 1. The van der Waals surface area contributed by atoms with Gasteiger partial charge in [0.15, 0.2) is 0 Å². The van der Waals surface area contributed by atoms with Crippen molar-refractivity contribution in [3.63, 3.8) is 0 Å². The smallest absolute Gasteiger partial charge is 0.122 e. The number of methoxy groups -OCH3 is 1. The predicted octanol–water partition coefficient (Wildman–Crippen LogP) is 2.16. The second-order valence-corrected chi connectivity index (χ2v) is 3.28. The molecule has 0 N–H and O–H groups in total. The summed E-state index contributed by atoms with van der Waals surface area (Å²) in [6.45, 7) is 1.54. The Labute approximate surface area is 78.5 Å². The second-order valence-electron chi connectivity index (χ2n) is 3.28. The van der Waals surface area contributed by atoms with E-state index in [4.69, 9.17) is 9.47 Å². The van der Waals surface area contributed by atoms with Crippen molar-refractivity contribution >= 4 is 0 Å². The molecule has 2 heteroatoms. The van der Waals surface area contributed by atoms with Gasteiger partial charge in [-0.2, -0.15) is 0 Å². The van der Waals surface area contributed by atoms with Crippen LogP contribution in [0.3, 0.4) is 0 Å². The van der Waals surface area contributed by atoms with Crippen LogP contribution >= 0.6 is 0 Å². The van der Waals surface area contributed by atoms with E-state index in [1.165, 1.54) is 11.1 Å². The molecule has 0 unspecified atom stereocenters. The van der Waals surface area contributed by atoms with E-state index in [0.717, 1.165) is 25.2 Å². The van der Waals surface area contributed by atoms with E-state index in [1.807, 2.05) is 12.1 Å². The van der Waals surface area contributed by atoms with Crippen molar-refractivity contribution in [2.75, 3.05) is 13.7 Å². The quantitative estimate of drug-likeness (QED) is 0.691. The minimum Gasteiger partial charge on any atom is -0.493 e. The molecular formula is C11H14O2. The Kier molecular flexibility index (Phi) is 2.50. The van der Waals surface area contributed by atoms with Gasteiger partial charge in [-0.25, -0.2) is 0 Å². The zero-order valence-electron chi connectivity index (χ0n) is 7.88. The van der Waals surface area contributed by atoms with Crippen LogP contribution in [0.25, 0.3) is 0 Å². The second kappa shape index (κ2) is 3.79. The van der Waals surface area contributed by atoms with Crippen LogP contribution in [0.4, 0.5) is 0 Å². The van der Waals surface area contributed by atoms with Crippen molar-refractivity contribution < 1.29 is 9.47 Å². The van der Waals surface area contributed by atoms with Crippen LogP contribution in [0, 0.1) is 0 Å². The molecular weight excluding hydrogens is 164 g/mol. The first-order valence-electron chi connectivity index (χ1n) is 4.64. The van der Waals surface area contributed by atoms with Crippen LogP contribution in [0.1, 0.15) is 17.5 Å². The fourth-order valence-electron chi connectivity index (χ4n) is 1.75. The predicted molar refractivity (Wildman–Crippen MR) is 51.0 cm³/mol. The molecule has 0 saturated carbocycles. The summed E-state index contributed by atoms with van der Waals surface area (Å²) in [5.74, 6) is 1.04. The molecule has 0 amide bonds. The summed E-state index contributed by atoms with van der Waals surface area (Å²) in [4.78, 5) is 0. The molecule has 0 atom stereocenters. The molecule has 0 aliphatic carbocycles. The lowest BCUT2D eigenvalue weighted by Gasteiger charge is -2.19. The van der Waals surface area contributed by atoms with E-state index < -0.39 is 0 Å². The number of ether oxygens (including phenoxy) is 2. The molecule has 0 radical (unpaired) electrons. The van der Waals surface area contributed by atoms with Gasteiger partial charge in [0.05, 0.1) is 13.2 Å². The molecule has 0 aromatic heterocycles. The Morgan fingerprint density at radius 1 is 1.46 bits per heavy atom. The van der Waals surface area contributed by atoms with Crippen LogP contribution in [0.2, 0.25) is 0 Å². The molecule has 1 aromatic carbocycles. The Morgan fingerprint density at radius 3 is 3.23 bits per heavy atom. The van der Waals surface area contributed by atoms with Gasteiger partial charge in [-0.05, 0) is 30.0 Å². The van der Waals surface area contributed by atoms with E-state index in [1.54, 1.807) is 7.11 Å². The lowest BCUT2D eigenvalue weighted by molar-refractivity contribution is 0.182. The van der Waals surface area contributed by atoms with Crippen molar-refractivity contribution in [3.05, 3.63) is 29.3 Å². The summed E-state index contributed by atoms with van der Waals surface area (Å²) in [5, 5.41) is 0. The van der Waals surface area contributed by atoms with Gasteiger partial charge in [-0.1, -0.05) is 12.1 Å². The highest BCUT2D eigenvalue weighted by molar-refractivity contribution is 5.41. The monoisotopic (exact) mass is 178 g/mol. The Balaban J connectivity index is 2.34. The average molecular weight is 178 g/mol. The van der Waals surface area contributed by atoms with Crippen LogP contribution in [0.15, 0.2) is 18.2 Å². The minimum absolute atomic E-state index is 0.687. The van der Waals surface area contributed by atoms with Gasteiger partial charge in [-0.15, -0.1) is 0 Å². The van der Waals surface area contributed by atoms with E-state index in [2.05, 4.69) is 6.07 Å². The van der Waals surface area contributed by atoms with Crippen LogP contribution in [-0.2, 0) is 17.8 Å². The van der Waals surface area contributed by atoms with Crippen LogP contribution in [0.5, 0.6) is 5.75 Å². The van der Waals surface area contributed by atoms with Crippen molar-refractivity contribution in [3.8, 4) is 5.75 Å². The van der Waals surface area contributed by atoms with Crippen molar-refractivity contribution in [1.82, 2.24) is 0 Å². The number of rotatable bonds is 2. The molecule has 1 aliphatic rings. The molecule has 1 heterocycles. The lowest BCUT2D eigenvalue weighted by atomic mass is 10.0. The SMILES string of the molecule is COCc1cccc2c1CCCO2. The first kappa shape index (κ1) is 8.57. The third kappa shape index (κ3) is 1.68. The molecule has 13 heavy (non-hydrogen) atoms. The van der Waals surface area contributed by atoms with E-state index >= 15 is 0 Å². The highest BCUT2D eigenvalue weighted by Crippen LogP contribution is 2.27. The maximum Gasteiger partial charge on any atom is 0.122 e. The average Bonchev–Trinajstić information content (AvgIpc) is 2.19. The molecule has 2 nitrogen and oxygen atoms in total. The van der Waals surface area contributed by atoms with E-state index in [-0.39, 0.29) is 0 Å². The topological polar surface area (TPSA) is 18.5 Å². The first-order valence-corrected chi connectivity index (χ1v) is 4.64. The van der Waals surface area contributed by atoms with Gasteiger partial charge in [-0.3, -0.25) is 0 Å². The fourth-order valence-corrected chi connectivity index (χ4v) is 1.75. The molecule has 0 saturated heterocycles. The van der Waals surface area contributed by atoms with E-state index in [9.17, 15) is 0 Å². The van der Waals surface area contributed by atoms with Crippen molar-refractivity contribution in [1.29, 1.82) is 0 Å². The standard InChI is InChI=1S/C11H14O2/c1-12-8-9-4-2-6-11-10(9)5-3-7-13-11/h2,4,6H,3,5,7-8H2,1H3. The van der Waals surface area contributed by atoms with Gasteiger partial charge in [0.2, 0.25) is 0 Å². The largest absolute Gasteiger partial charge is 0.493 e. The normalized spacial score (nSPS) is 14.8. The highest BCUT2D eigenvalue weighted by atomic mass is 16.5. The Hall–Kier alpha value is -1.02. The molecule has 0 bridgehead atoms. The summed E-state index contributed by atoms with van der Waals surface area (Å²) < 4.78 is 10.7. The lowest BCUT2D eigenvalue weighted by Crippen LogP contribution is -2.10. The Morgan fingerprint density at radius 2 is 2.38 bits per heavy atom. The minimum atomic E-state index is 0.687. The third-order valence-electron chi connectivity index (χ3n) is 2.36. The summed E-state index contributed by atoms with van der Waals surface area (Å²) in [5.41, 5.74) is 2.59. The molecule has 2 rings (SSSR count). The van der Waals surface area contributed by atoms with Gasteiger partial charge >= 0.3 is 0 Å². The third-order valence-corrected chi connectivity index (χ3v) is 2.36. The number of fused-ring (bicyclic) bond motifs is 1. The van der Waals surface area contributed by atoms with E-state index in [0.29, 0.717) is 6.61 Å². The fraction of sp³-hybridized carbons (Fsp3) is 0.455. The summed E-state index contributed by atoms with van der Waals surface area (Å²) in [6.07, 6.45) is 2.24. The molecule has 1 aliphatic heterocycles. The first-order chi connectivity index (χ1) is 6.42. The zero-order valence-corrected chi connectivity index (χ0v) is 7.88. The van der Waals surface area contributed by atoms with Crippen molar-refractivity contribution in [2.45, 2.75) is 19.4 Å². The number of hydrogen-bond acceptors (Lipinski definition) is 2. The maximum atomic E-state index is 5.55. The van der Waals surface area contributed by atoms with Crippen LogP contribution < -0.4 is 4.74 Å². The molecule has 1 aromatic rings. The highest BCUT2D eigenvalue weighted by Gasteiger charge is 2.13. The van der Waals surface area contributed by atoms with Gasteiger partial charge in [0, 0.05) is 7.11 Å². The zero-order chi connectivity index (χ0) is 9.10. The number of hydrogen-bond donors (Lipinski definition) is 0. The summed E-state index contributed by atoms with van der Waals surface area (Å²) in [7, 11) is 1.73. The molecule has 0 fully saturated rings. The van der Waals surface area contributed by atoms with Crippen LogP contribution in [-0.4, -0.2) is 13.7 Å². The van der Waals surface area contributed by atoms with Crippen molar-refractivity contribution in [2.24, 2.45) is 0 Å². The molecule has 0 spiro atoms.